The molecule has 0 aliphatic carbocycles. The van der Waals surface area contributed by atoms with Crippen molar-refractivity contribution in [3.8, 4) is 11.8 Å². The van der Waals surface area contributed by atoms with Gasteiger partial charge in [-0.25, -0.2) is 4.39 Å². The number of ether oxygens (including phenoxy) is 1. The van der Waals surface area contributed by atoms with E-state index in [-0.39, 0.29) is 22.6 Å². The molecule has 5 nitrogen and oxygen atoms in total. The Balaban J connectivity index is 2.14. The first-order valence-corrected chi connectivity index (χ1v) is 7.97. The predicted octanol–water partition coefficient (Wildman–Crippen LogP) is 2.90. The monoisotopic (exact) mass is 347 g/mol. The summed E-state index contributed by atoms with van der Waals surface area (Å²) in [5.74, 6) is -1.01. The summed E-state index contributed by atoms with van der Waals surface area (Å²) in [4.78, 5) is 13.1. The number of halogens is 1. The summed E-state index contributed by atoms with van der Waals surface area (Å²) in [7, 11) is 1.65. The van der Waals surface area contributed by atoms with Crippen LogP contribution < -0.4 is 16.0 Å². The lowest BCUT2D eigenvalue weighted by Crippen LogP contribution is -2.31. The highest BCUT2D eigenvalue weighted by molar-refractivity contribution is 5.88. The van der Waals surface area contributed by atoms with Gasteiger partial charge in [-0.2, -0.15) is 5.26 Å². The number of rotatable bonds is 1. The lowest BCUT2D eigenvalue weighted by molar-refractivity contribution is 0.395. The van der Waals surface area contributed by atoms with Crippen LogP contribution in [0.25, 0.3) is 10.9 Å². The third kappa shape index (κ3) is 2.18. The molecule has 3 aromatic rings. The Hall–Kier alpha value is -3.59. The number of pyridine rings is 1. The van der Waals surface area contributed by atoms with Gasteiger partial charge in [-0.05, 0) is 29.8 Å². The number of fused-ring (bicyclic) bond motifs is 3. The molecular weight excluding hydrogens is 333 g/mol. The molecule has 0 saturated carbocycles. The molecule has 1 aromatic heterocycles. The fraction of sp³-hybridized carbons (Fsp3) is 0.100. The molecule has 0 fully saturated rings. The van der Waals surface area contributed by atoms with Gasteiger partial charge in [0.1, 0.15) is 23.2 Å². The number of aryl methyl sites for hydroxylation is 1. The van der Waals surface area contributed by atoms with E-state index in [0.717, 1.165) is 0 Å². The second-order valence-electron chi connectivity index (χ2n) is 6.10. The van der Waals surface area contributed by atoms with Crippen LogP contribution in [0.4, 0.5) is 4.39 Å². The van der Waals surface area contributed by atoms with Crippen molar-refractivity contribution in [2.75, 3.05) is 0 Å². The van der Waals surface area contributed by atoms with Crippen LogP contribution in [0, 0.1) is 17.1 Å². The maximum absolute atomic E-state index is 13.8. The second kappa shape index (κ2) is 5.74. The van der Waals surface area contributed by atoms with Crippen molar-refractivity contribution in [3.63, 3.8) is 0 Å². The molecule has 6 heteroatoms. The Morgan fingerprint density at radius 1 is 1.23 bits per heavy atom. The Kier molecular flexibility index (Phi) is 3.51. The highest BCUT2D eigenvalue weighted by atomic mass is 19.1. The first-order chi connectivity index (χ1) is 12.5. The minimum atomic E-state index is -0.789. The summed E-state index contributed by atoms with van der Waals surface area (Å²) in [6.07, 6.45) is 0. The maximum atomic E-state index is 13.8. The van der Waals surface area contributed by atoms with E-state index in [1.165, 1.54) is 22.8 Å². The Morgan fingerprint density at radius 3 is 2.73 bits per heavy atom. The SMILES string of the molecule is Cn1c(=O)c2c(c3ccccc31)OC(N)=C(C#N)[C@@H]2c1cccc(F)c1. The molecule has 2 aromatic carbocycles. The van der Waals surface area contributed by atoms with Gasteiger partial charge in [0.2, 0.25) is 5.88 Å². The van der Waals surface area contributed by atoms with Gasteiger partial charge >= 0.3 is 0 Å². The van der Waals surface area contributed by atoms with Crippen molar-refractivity contribution in [3.05, 3.63) is 87.3 Å². The highest BCUT2D eigenvalue weighted by Crippen LogP contribution is 2.43. The van der Waals surface area contributed by atoms with Crippen molar-refractivity contribution in [2.24, 2.45) is 12.8 Å². The predicted molar refractivity (Wildman–Crippen MR) is 94.9 cm³/mol. The summed E-state index contributed by atoms with van der Waals surface area (Å²) in [6, 6.07) is 15.1. The average molecular weight is 347 g/mol. The smallest absolute Gasteiger partial charge is 0.258 e. The molecule has 0 amide bonds. The van der Waals surface area contributed by atoms with Crippen LogP contribution in [0.1, 0.15) is 17.0 Å². The van der Waals surface area contributed by atoms with E-state index in [4.69, 9.17) is 10.5 Å². The zero-order valence-electron chi connectivity index (χ0n) is 13.9. The molecule has 2 heterocycles. The van der Waals surface area contributed by atoms with Crippen molar-refractivity contribution < 1.29 is 9.13 Å². The molecule has 26 heavy (non-hydrogen) atoms. The van der Waals surface area contributed by atoms with E-state index in [1.807, 2.05) is 24.3 Å². The number of nitrogens with two attached hydrogens (primary N) is 1. The minimum Gasteiger partial charge on any atom is -0.439 e. The van der Waals surface area contributed by atoms with Gasteiger partial charge in [0.15, 0.2) is 0 Å². The van der Waals surface area contributed by atoms with Gasteiger partial charge in [0.05, 0.1) is 17.0 Å². The number of nitrogens with zero attached hydrogens (tertiary/aromatic N) is 2. The summed E-state index contributed by atoms with van der Waals surface area (Å²) in [5, 5.41) is 10.3. The van der Waals surface area contributed by atoms with Gasteiger partial charge in [-0.15, -0.1) is 0 Å². The lowest BCUT2D eigenvalue weighted by Gasteiger charge is -2.27. The van der Waals surface area contributed by atoms with E-state index in [2.05, 4.69) is 0 Å². The van der Waals surface area contributed by atoms with Gasteiger partial charge < -0.3 is 15.0 Å². The Bertz CT molecular complexity index is 1190. The van der Waals surface area contributed by atoms with Crippen LogP contribution in [0.5, 0.6) is 5.75 Å². The normalized spacial score (nSPS) is 16.1. The molecule has 0 saturated heterocycles. The van der Waals surface area contributed by atoms with Crippen molar-refractivity contribution in [2.45, 2.75) is 5.92 Å². The molecule has 2 N–H and O–H groups in total. The van der Waals surface area contributed by atoms with Gasteiger partial charge in [0, 0.05) is 12.4 Å². The molecule has 1 atom stereocenters. The van der Waals surface area contributed by atoms with Crippen molar-refractivity contribution >= 4 is 10.9 Å². The van der Waals surface area contributed by atoms with E-state index >= 15 is 0 Å². The van der Waals surface area contributed by atoms with Crippen molar-refractivity contribution in [1.29, 1.82) is 5.26 Å². The zero-order chi connectivity index (χ0) is 18.4. The maximum Gasteiger partial charge on any atom is 0.258 e. The number of hydrogen-bond donors (Lipinski definition) is 1. The van der Waals surface area contributed by atoms with E-state index < -0.39 is 11.7 Å². The quantitative estimate of drug-likeness (QED) is 0.734. The standard InChI is InChI=1S/C20H14FN3O2/c1-24-15-8-3-2-7-13(15)18-17(20(24)25)16(14(10-22)19(23)26-18)11-5-4-6-12(21)9-11/h2-9,16H,23H2,1H3/t16-/m0/s1. The summed E-state index contributed by atoms with van der Waals surface area (Å²) in [5.41, 5.74) is 7.20. The van der Waals surface area contributed by atoms with Gasteiger partial charge in [-0.3, -0.25) is 4.79 Å². The number of nitriles is 1. The minimum absolute atomic E-state index is 0.0762. The van der Waals surface area contributed by atoms with Crippen molar-refractivity contribution in [1.82, 2.24) is 4.57 Å². The molecule has 4 rings (SSSR count). The van der Waals surface area contributed by atoms with Crippen LogP contribution >= 0.6 is 0 Å². The number of benzene rings is 2. The fourth-order valence-electron chi connectivity index (χ4n) is 3.45. The average Bonchev–Trinajstić information content (AvgIpc) is 2.65. The van der Waals surface area contributed by atoms with E-state index in [9.17, 15) is 14.4 Å². The molecule has 0 unspecified atom stereocenters. The molecular formula is C20H14FN3O2. The highest BCUT2D eigenvalue weighted by Gasteiger charge is 2.35. The topological polar surface area (TPSA) is 81.0 Å². The van der Waals surface area contributed by atoms with Crippen LogP contribution in [0.2, 0.25) is 0 Å². The molecule has 0 radical (unpaired) electrons. The number of para-hydroxylation sites is 1. The van der Waals surface area contributed by atoms with Gasteiger partial charge in [-0.1, -0.05) is 24.3 Å². The summed E-state index contributed by atoms with van der Waals surface area (Å²) in [6.45, 7) is 0. The number of aromatic nitrogens is 1. The summed E-state index contributed by atoms with van der Waals surface area (Å²) < 4.78 is 21.0. The third-order valence-electron chi connectivity index (χ3n) is 4.65. The first kappa shape index (κ1) is 15.9. The van der Waals surface area contributed by atoms with E-state index in [1.54, 1.807) is 19.2 Å². The lowest BCUT2D eigenvalue weighted by atomic mass is 9.83. The zero-order valence-corrected chi connectivity index (χ0v) is 13.9. The third-order valence-corrected chi connectivity index (χ3v) is 4.65. The van der Waals surface area contributed by atoms with Crippen LogP contribution in [0.15, 0.2) is 64.8 Å². The Labute approximate surface area is 148 Å². The first-order valence-electron chi connectivity index (χ1n) is 7.97. The molecule has 0 bridgehead atoms. The molecule has 1 aliphatic heterocycles. The Morgan fingerprint density at radius 2 is 2.00 bits per heavy atom. The van der Waals surface area contributed by atoms with Crippen LogP contribution in [-0.4, -0.2) is 4.57 Å². The van der Waals surface area contributed by atoms with E-state index in [0.29, 0.717) is 22.2 Å². The molecule has 1 aliphatic rings. The largest absolute Gasteiger partial charge is 0.439 e. The molecule has 128 valence electrons. The fourth-order valence-corrected chi connectivity index (χ4v) is 3.45. The molecule has 0 spiro atoms. The summed E-state index contributed by atoms with van der Waals surface area (Å²) >= 11 is 0. The second-order valence-corrected chi connectivity index (χ2v) is 6.10. The number of hydrogen-bond acceptors (Lipinski definition) is 4. The number of allylic oxidation sites excluding steroid dienone is 1. The van der Waals surface area contributed by atoms with Gasteiger partial charge in [0.25, 0.3) is 5.56 Å². The van der Waals surface area contributed by atoms with Crippen LogP contribution in [-0.2, 0) is 7.05 Å². The van der Waals surface area contributed by atoms with Crippen LogP contribution in [0.3, 0.4) is 0 Å².